The monoisotopic (exact) mass is 280 g/mol. The number of nitrogens with one attached hydrogen (secondary N) is 1. The van der Waals surface area contributed by atoms with Gasteiger partial charge in [-0.15, -0.1) is 11.8 Å². The van der Waals surface area contributed by atoms with Gasteiger partial charge < -0.3 is 5.32 Å². The van der Waals surface area contributed by atoms with Gasteiger partial charge in [0, 0.05) is 12.3 Å². The van der Waals surface area contributed by atoms with E-state index >= 15 is 0 Å². The molecule has 1 aliphatic rings. The van der Waals surface area contributed by atoms with E-state index in [2.05, 4.69) is 5.32 Å². The Morgan fingerprint density at radius 1 is 1.33 bits per heavy atom. The van der Waals surface area contributed by atoms with E-state index in [0.29, 0.717) is 11.6 Å². The Labute approximate surface area is 111 Å². The van der Waals surface area contributed by atoms with Crippen molar-refractivity contribution >= 4 is 21.6 Å². The maximum atomic E-state index is 12.3. The van der Waals surface area contributed by atoms with Crippen LogP contribution >= 0.6 is 11.8 Å². The Hall–Kier alpha value is -1.45. The molecular formula is C12H12N2O2S2. The Kier molecular flexibility index (Phi) is 3.94. The van der Waals surface area contributed by atoms with Crippen molar-refractivity contribution in [2.24, 2.45) is 0 Å². The van der Waals surface area contributed by atoms with Crippen LogP contribution < -0.4 is 5.32 Å². The van der Waals surface area contributed by atoms with Crippen LogP contribution in [-0.2, 0) is 9.84 Å². The summed E-state index contributed by atoms with van der Waals surface area (Å²) in [7, 11) is -3.72. The Morgan fingerprint density at radius 2 is 2.06 bits per heavy atom. The SMILES string of the molecule is N#C/C(=C1\NCCCS1)S(=O)(=O)c1ccccc1. The molecule has 0 amide bonds. The number of rotatable bonds is 2. The lowest BCUT2D eigenvalue weighted by Crippen LogP contribution is -2.22. The molecule has 1 aromatic carbocycles. The smallest absolute Gasteiger partial charge is 0.219 e. The van der Waals surface area contributed by atoms with Crippen LogP contribution in [0.1, 0.15) is 6.42 Å². The highest BCUT2D eigenvalue weighted by molar-refractivity contribution is 8.04. The molecule has 2 rings (SSSR count). The standard InChI is InChI=1S/C12H12N2O2S2/c13-9-11(12-14-7-4-8-17-12)18(15,16)10-5-2-1-3-6-10/h1-3,5-6,14H,4,7-8H2/b12-11-. The van der Waals surface area contributed by atoms with Crippen molar-refractivity contribution in [1.82, 2.24) is 5.32 Å². The minimum Gasteiger partial charge on any atom is -0.378 e. The van der Waals surface area contributed by atoms with E-state index in [0.717, 1.165) is 12.2 Å². The van der Waals surface area contributed by atoms with Crippen LogP contribution in [0, 0.1) is 11.3 Å². The van der Waals surface area contributed by atoms with Crippen LogP contribution in [0.15, 0.2) is 45.2 Å². The third kappa shape index (κ3) is 2.52. The highest BCUT2D eigenvalue weighted by atomic mass is 32.2. The molecule has 1 saturated heterocycles. The molecule has 0 atom stereocenters. The van der Waals surface area contributed by atoms with Gasteiger partial charge in [0.1, 0.15) is 6.07 Å². The van der Waals surface area contributed by atoms with Crippen molar-refractivity contribution in [3.8, 4) is 6.07 Å². The number of hydrogen-bond donors (Lipinski definition) is 1. The topological polar surface area (TPSA) is 70.0 Å². The second kappa shape index (κ2) is 5.46. The van der Waals surface area contributed by atoms with Crippen molar-refractivity contribution < 1.29 is 8.42 Å². The third-order valence-electron chi connectivity index (χ3n) is 2.48. The van der Waals surface area contributed by atoms with Gasteiger partial charge in [0.25, 0.3) is 0 Å². The van der Waals surface area contributed by atoms with Gasteiger partial charge in [-0.05, 0) is 18.6 Å². The fourth-order valence-electron chi connectivity index (χ4n) is 1.60. The quantitative estimate of drug-likeness (QED) is 0.838. The number of sulfone groups is 1. The molecule has 1 aromatic rings. The van der Waals surface area contributed by atoms with E-state index in [1.54, 1.807) is 18.2 Å². The molecule has 0 bridgehead atoms. The summed E-state index contributed by atoms with van der Waals surface area (Å²) in [6.45, 7) is 0.706. The van der Waals surface area contributed by atoms with E-state index in [9.17, 15) is 8.42 Å². The maximum Gasteiger partial charge on any atom is 0.219 e. The second-order valence-corrected chi connectivity index (χ2v) is 6.71. The summed E-state index contributed by atoms with van der Waals surface area (Å²) in [6, 6.07) is 9.86. The van der Waals surface area contributed by atoms with Crippen molar-refractivity contribution in [3.05, 3.63) is 40.3 Å². The number of thioether (sulfide) groups is 1. The third-order valence-corrected chi connectivity index (χ3v) is 5.47. The van der Waals surface area contributed by atoms with E-state index in [1.165, 1.54) is 23.9 Å². The Balaban J connectivity index is 2.49. The molecule has 0 saturated carbocycles. The molecule has 18 heavy (non-hydrogen) atoms. The minimum atomic E-state index is -3.72. The van der Waals surface area contributed by atoms with Crippen LogP contribution in [0.2, 0.25) is 0 Å². The first-order valence-corrected chi connectivity index (χ1v) is 7.94. The van der Waals surface area contributed by atoms with Gasteiger partial charge in [-0.25, -0.2) is 8.42 Å². The van der Waals surface area contributed by atoms with Gasteiger partial charge in [0.15, 0.2) is 4.91 Å². The van der Waals surface area contributed by atoms with Crippen molar-refractivity contribution in [1.29, 1.82) is 5.26 Å². The zero-order valence-electron chi connectivity index (χ0n) is 9.59. The Morgan fingerprint density at radius 3 is 2.61 bits per heavy atom. The summed E-state index contributed by atoms with van der Waals surface area (Å²) < 4.78 is 24.7. The lowest BCUT2D eigenvalue weighted by atomic mass is 10.4. The predicted molar refractivity (Wildman–Crippen MR) is 71.3 cm³/mol. The van der Waals surface area contributed by atoms with Gasteiger partial charge in [0.05, 0.1) is 9.92 Å². The second-order valence-electron chi connectivity index (χ2n) is 3.72. The van der Waals surface area contributed by atoms with Crippen LogP contribution in [0.25, 0.3) is 0 Å². The summed E-state index contributed by atoms with van der Waals surface area (Å²) in [5, 5.41) is 12.6. The first kappa shape index (κ1) is 13.0. The molecule has 1 N–H and O–H groups in total. The summed E-state index contributed by atoms with van der Waals surface area (Å²) in [4.78, 5) is -0.0274. The van der Waals surface area contributed by atoms with Gasteiger partial charge >= 0.3 is 0 Å². The van der Waals surface area contributed by atoms with E-state index < -0.39 is 9.84 Å². The van der Waals surface area contributed by atoms with Crippen molar-refractivity contribution in [2.45, 2.75) is 11.3 Å². The van der Waals surface area contributed by atoms with Gasteiger partial charge in [-0.3, -0.25) is 0 Å². The number of benzene rings is 1. The van der Waals surface area contributed by atoms with Crippen LogP contribution in [0.5, 0.6) is 0 Å². The largest absolute Gasteiger partial charge is 0.378 e. The lowest BCUT2D eigenvalue weighted by Gasteiger charge is -2.17. The van der Waals surface area contributed by atoms with Gasteiger partial charge in [0.2, 0.25) is 9.84 Å². The van der Waals surface area contributed by atoms with Crippen LogP contribution in [0.3, 0.4) is 0 Å². The van der Waals surface area contributed by atoms with Gasteiger partial charge in [-0.1, -0.05) is 18.2 Å². The Bertz CT molecular complexity index is 593. The molecule has 0 aromatic heterocycles. The molecule has 1 aliphatic heterocycles. The highest BCUT2D eigenvalue weighted by Gasteiger charge is 2.25. The fraction of sp³-hybridized carbons (Fsp3) is 0.250. The van der Waals surface area contributed by atoms with Crippen LogP contribution in [0.4, 0.5) is 0 Å². The molecule has 1 fully saturated rings. The number of hydrogen-bond acceptors (Lipinski definition) is 5. The minimum absolute atomic E-state index is 0.155. The molecule has 0 radical (unpaired) electrons. The predicted octanol–water partition coefficient (Wildman–Crippen LogP) is 1.88. The van der Waals surface area contributed by atoms with Crippen molar-refractivity contribution in [3.63, 3.8) is 0 Å². The summed E-state index contributed by atoms with van der Waals surface area (Å²) in [5.74, 6) is 0.831. The average molecular weight is 280 g/mol. The average Bonchev–Trinajstić information content (AvgIpc) is 2.41. The normalized spacial score (nSPS) is 18.6. The van der Waals surface area contributed by atoms with Crippen molar-refractivity contribution in [2.75, 3.05) is 12.3 Å². The maximum absolute atomic E-state index is 12.3. The molecule has 1 heterocycles. The van der Waals surface area contributed by atoms with E-state index in [1.807, 2.05) is 6.07 Å². The molecule has 6 heteroatoms. The number of nitriles is 1. The van der Waals surface area contributed by atoms with Crippen LogP contribution in [-0.4, -0.2) is 20.7 Å². The molecule has 0 unspecified atom stereocenters. The number of allylic oxidation sites excluding steroid dienone is 1. The molecule has 94 valence electrons. The molecule has 4 nitrogen and oxygen atoms in total. The number of nitrogens with zero attached hydrogens (tertiary/aromatic N) is 1. The highest BCUT2D eigenvalue weighted by Crippen LogP contribution is 2.28. The first-order valence-electron chi connectivity index (χ1n) is 5.47. The summed E-state index contributed by atoms with van der Waals surface area (Å²) in [6.07, 6.45) is 0.970. The summed E-state index contributed by atoms with van der Waals surface area (Å²) in [5.41, 5.74) is 0. The zero-order valence-corrected chi connectivity index (χ0v) is 11.2. The zero-order chi connectivity index (χ0) is 13.0. The summed E-state index contributed by atoms with van der Waals surface area (Å²) >= 11 is 1.38. The first-order chi connectivity index (χ1) is 8.66. The van der Waals surface area contributed by atoms with E-state index in [-0.39, 0.29) is 9.80 Å². The fourth-order valence-corrected chi connectivity index (χ4v) is 4.16. The molecule has 0 spiro atoms. The molecule has 0 aliphatic carbocycles. The van der Waals surface area contributed by atoms with E-state index in [4.69, 9.17) is 5.26 Å². The lowest BCUT2D eigenvalue weighted by molar-refractivity contribution is 0.602. The van der Waals surface area contributed by atoms with Gasteiger partial charge in [-0.2, -0.15) is 5.26 Å². The molecular weight excluding hydrogens is 268 g/mol.